The first-order valence-corrected chi connectivity index (χ1v) is 5.41. The van der Waals surface area contributed by atoms with Gasteiger partial charge in [-0.2, -0.15) is 0 Å². The van der Waals surface area contributed by atoms with Gasteiger partial charge in [-0.1, -0.05) is 0 Å². The molecule has 1 N–H and O–H groups in total. The van der Waals surface area contributed by atoms with Crippen molar-refractivity contribution in [3.8, 4) is 5.75 Å². The van der Waals surface area contributed by atoms with Gasteiger partial charge in [0.05, 0.1) is 12.8 Å². The number of hydrogen-bond acceptors (Lipinski definition) is 5. The second kappa shape index (κ2) is 4.87. The Morgan fingerprint density at radius 3 is 2.61 bits per heavy atom. The van der Waals surface area contributed by atoms with Gasteiger partial charge in [0.25, 0.3) is 5.91 Å². The number of anilines is 1. The Kier molecular flexibility index (Phi) is 3.27. The third-order valence-electron chi connectivity index (χ3n) is 2.50. The number of ether oxygens (including phenoxy) is 1. The summed E-state index contributed by atoms with van der Waals surface area (Å²) in [5, 5.41) is 1.31. The van der Waals surface area contributed by atoms with Crippen molar-refractivity contribution in [3.63, 3.8) is 0 Å². The molecule has 1 aromatic carbocycles. The second-order valence-electron chi connectivity index (χ2n) is 3.76. The van der Waals surface area contributed by atoms with Crippen LogP contribution in [0, 0.1) is 0 Å². The first-order chi connectivity index (χ1) is 8.61. The minimum atomic E-state index is -0.217. The zero-order valence-corrected chi connectivity index (χ0v) is 10.1. The average Bonchev–Trinajstić information content (AvgIpc) is 2.39. The van der Waals surface area contributed by atoms with Crippen LogP contribution in [0.1, 0.15) is 6.92 Å². The number of nitrogens with one attached hydrogen (secondary N) is 1. The molecule has 0 bridgehead atoms. The molecule has 1 aliphatic rings. The van der Waals surface area contributed by atoms with Gasteiger partial charge in [-0.05, 0) is 24.3 Å². The fourth-order valence-electron chi connectivity index (χ4n) is 1.55. The fraction of sp³-hybridized carbons (Fsp3) is 0.250. The summed E-state index contributed by atoms with van der Waals surface area (Å²) in [5.41, 5.74) is 3.33. The number of hydrogen-bond donors (Lipinski definition) is 1. The summed E-state index contributed by atoms with van der Waals surface area (Å²) in [6.45, 7) is 1.36. The van der Waals surface area contributed by atoms with Gasteiger partial charge in [0.2, 0.25) is 0 Å². The quantitative estimate of drug-likeness (QED) is 0.846. The lowest BCUT2D eigenvalue weighted by atomic mass is 10.3. The molecule has 2 rings (SSSR count). The van der Waals surface area contributed by atoms with Crippen LogP contribution in [-0.2, 0) is 9.59 Å². The number of carbonyl (C=O) groups is 2. The van der Waals surface area contributed by atoms with E-state index in [1.165, 1.54) is 11.9 Å². The number of benzene rings is 1. The van der Waals surface area contributed by atoms with E-state index in [2.05, 4.69) is 10.4 Å². The Labute approximate surface area is 104 Å². The molecule has 0 aliphatic carbocycles. The summed E-state index contributed by atoms with van der Waals surface area (Å²) >= 11 is 0. The molecular formula is C12H13N3O3. The van der Waals surface area contributed by atoms with E-state index >= 15 is 0 Å². The van der Waals surface area contributed by atoms with Crippen LogP contribution in [-0.4, -0.2) is 31.2 Å². The van der Waals surface area contributed by atoms with Crippen molar-refractivity contribution in [2.24, 2.45) is 4.99 Å². The van der Waals surface area contributed by atoms with Gasteiger partial charge >= 0.3 is 0 Å². The molecule has 0 saturated heterocycles. The molecule has 0 fully saturated rings. The van der Waals surface area contributed by atoms with Gasteiger partial charge < -0.3 is 4.74 Å². The van der Waals surface area contributed by atoms with Crippen LogP contribution in [0.4, 0.5) is 5.69 Å². The summed E-state index contributed by atoms with van der Waals surface area (Å²) in [6, 6.07) is 6.94. The normalized spacial score (nSPS) is 14.9. The number of amides is 1. The van der Waals surface area contributed by atoms with Crippen molar-refractivity contribution >= 4 is 23.2 Å². The highest BCUT2D eigenvalue weighted by molar-refractivity contribution is 6.39. The maximum Gasteiger partial charge on any atom is 0.267 e. The van der Waals surface area contributed by atoms with Crippen LogP contribution in [0.25, 0.3) is 0 Å². The van der Waals surface area contributed by atoms with E-state index in [0.717, 1.165) is 0 Å². The number of nitrogens with zero attached hydrogens (tertiary/aromatic N) is 2. The van der Waals surface area contributed by atoms with E-state index in [0.29, 0.717) is 11.4 Å². The Hall–Kier alpha value is -2.37. The highest BCUT2D eigenvalue weighted by Crippen LogP contribution is 2.19. The van der Waals surface area contributed by atoms with Crippen molar-refractivity contribution < 1.29 is 14.3 Å². The van der Waals surface area contributed by atoms with Crippen LogP contribution in [0.3, 0.4) is 0 Å². The maximum atomic E-state index is 11.7. The first kappa shape index (κ1) is 12.1. The number of Topliss-reactive ketones (excluding diaryl/α,β-unsaturated/α-hetero) is 1. The Balaban J connectivity index is 2.24. The molecule has 0 aromatic heterocycles. The zero-order chi connectivity index (χ0) is 13.1. The van der Waals surface area contributed by atoms with E-state index in [1.807, 2.05) is 0 Å². The average molecular weight is 247 g/mol. The molecule has 1 heterocycles. The lowest BCUT2D eigenvalue weighted by Crippen LogP contribution is -2.53. The lowest BCUT2D eigenvalue weighted by Gasteiger charge is -2.27. The number of methoxy groups -OCH3 is 1. The van der Waals surface area contributed by atoms with Gasteiger partial charge in [0.15, 0.2) is 11.6 Å². The van der Waals surface area contributed by atoms with E-state index in [4.69, 9.17) is 4.74 Å². The highest BCUT2D eigenvalue weighted by atomic mass is 16.5. The Morgan fingerprint density at radius 1 is 1.39 bits per heavy atom. The van der Waals surface area contributed by atoms with Crippen LogP contribution in [0.5, 0.6) is 5.75 Å². The van der Waals surface area contributed by atoms with Crippen LogP contribution in [0.15, 0.2) is 29.3 Å². The minimum Gasteiger partial charge on any atom is -0.497 e. The molecule has 0 spiro atoms. The van der Waals surface area contributed by atoms with E-state index in [-0.39, 0.29) is 24.1 Å². The third kappa shape index (κ3) is 2.32. The Morgan fingerprint density at radius 2 is 2.06 bits per heavy atom. The topological polar surface area (TPSA) is 71.0 Å². The van der Waals surface area contributed by atoms with Crippen LogP contribution >= 0.6 is 0 Å². The summed E-state index contributed by atoms with van der Waals surface area (Å²) in [4.78, 5) is 26.8. The van der Waals surface area contributed by atoms with Crippen molar-refractivity contribution in [3.05, 3.63) is 24.3 Å². The van der Waals surface area contributed by atoms with Gasteiger partial charge in [0.1, 0.15) is 12.3 Å². The SMILES string of the molecule is COc1ccc(N2NC(C(C)=O)=NCC2=O)cc1. The number of amidine groups is 1. The molecular weight excluding hydrogens is 234 g/mol. The summed E-state index contributed by atoms with van der Waals surface area (Å²) < 4.78 is 5.04. The molecule has 0 saturated carbocycles. The van der Waals surface area contributed by atoms with Crippen molar-refractivity contribution in [1.29, 1.82) is 0 Å². The molecule has 1 aliphatic heterocycles. The predicted molar refractivity (Wildman–Crippen MR) is 66.6 cm³/mol. The number of carbonyl (C=O) groups excluding carboxylic acids is 2. The van der Waals surface area contributed by atoms with Crippen molar-refractivity contribution in [2.45, 2.75) is 6.92 Å². The van der Waals surface area contributed by atoms with Gasteiger partial charge in [-0.25, -0.2) is 5.01 Å². The van der Waals surface area contributed by atoms with Gasteiger partial charge in [-0.15, -0.1) is 0 Å². The maximum absolute atomic E-state index is 11.7. The molecule has 0 atom stereocenters. The largest absolute Gasteiger partial charge is 0.497 e. The smallest absolute Gasteiger partial charge is 0.267 e. The summed E-state index contributed by atoms with van der Waals surface area (Å²) in [7, 11) is 1.57. The second-order valence-corrected chi connectivity index (χ2v) is 3.76. The van der Waals surface area contributed by atoms with Crippen LogP contribution in [0.2, 0.25) is 0 Å². The molecule has 1 amide bonds. The molecule has 0 unspecified atom stereocenters. The molecule has 6 heteroatoms. The zero-order valence-electron chi connectivity index (χ0n) is 10.1. The molecule has 1 aromatic rings. The lowest BCUT2D eigenvalue weighted by molar-refractivity contribution is -0.118. The predicted octanol–water partition coefficient (Wildman–Crippen LogP) is 0.534. The number of hydrazine groups is 1. The molecule has 0 radical (unpaired) electrons. The molecule has 94 valence electrons. The number of rotatable bonds is 3. The number of ketones is 1. The Bertz CT molecular complexity index is 508. The summed E-state index contributed by atoms with van der Waals surface area (Å²) in [6.07, 6.45) is 0. The highest BCUT2D eigenvalue weighted by Gasteiger charge is 2.23. The fourth-order valence-corrected chi connectivity index (χ4v) is 1.55. The third-order valence-corrected chi connectivity index (χ3v) is 2.50. The van der Waals surface area contributed by atoms with Gasteiger partial charge in [0, 0.05) is 6.92 Å². The summed E-state index contributed by atoms with van der Waals surface area (Å²) in [5.74, 6) is 0.459. The van der Waals surface area contributed by atoms with Crippen molar-refractivity contribution in [1.82, 2.24) is 5.43 Å². The monoisotopic (exact) mass is 247 g/mol. The number of aliphatic imine (C=N–C) groups is 1. The van der Waals surface area contributed by atoms with Crippen LogP contribution < -0.4 is 15.2 Å². The van der Waals surface area contributed by atoms with E-state index in [9.17, 15) is 9.59 Å². The molecule has 18 heavy (non-hydrogen) atoms. The standard InChI is InChI=1S/C12H13N3O3/c1-8(16)12-13-7-11(17)15(14-12)9-3-5-10(18-2)6-4-9/h3-6H,7H2,1-2H3,(H,13,14). The van der Waals surface area contributed by atoms with Gasteiger partial charge in [-0.3, -0.25) is 20.0 Å². The first-order valence-electron chi connectivity index (χ1n) is 5.41. The molecule has 6 nitrogen and oxygen atoms in total. The van der Waals surface area contributed by atoms with E-state index < -0.39 is 0 Å². The van der Waals surface area contributed by atoms with Crippen molar-refractivity contribution in [2.75, 3.05) is 18.7 Å². The minimum absolute atomic E-state index is 0.0338. The van der Waals surface area contributed by atoms with E-state index in [1.54, 1.807) is 31.4 Å².